The molecule has 1 aromatic heterocycles. The summed E-state index contributed by atoms with van der Waals surface area (Å²) in [4.78, 5) is 18.4. The normalized spacial score (nSPS) is 16.5. The molecule has 0 aliphatic carbocycles. The van der Waals surface area contributed by atoms with Gasteiger partial charge in [-0.3, -0.25) is 4.79 Å². The molecular weight excluding hydrogens is 302 g/mol. The molecule has 0 spiro atoms. The number of H-pyrrole nitrogens is 1. The Kier molecular flexibility index (Phi) is 3.62. The molecule has 116 valence electrons. The van der Waals surface area contributed by atoms with Crippen molar-refractivity contribution in [3.63, 3.8) is 0 Å². The third-order valence-electron chi connectivity index (χ3n) is 3.87. The van der Waals surface area contributed by atoms with E-state index in [1.807, 2.05) is 13.0 Å². The maximum absolute atomic E-state index is 12.6. The van der Waals surface area contributed by atoms with Crippen molar-refractivity contribution in [2.75, 3.05) is 13.1 Å². The minimum absolute atomic E-state index is 0.0607. The second kappa shape index (κ2) is 5.33. The van der Waals surface area contributed by atoms with Gasteiger partial charge in [-0.2, -0.15) is 4.31 Å². The van der Waals surface area contributed by atoms with Crippen LogP contribution in [0.5, 0.6) is 0 Å². The van der Waals surface area contributed by atoms with Crippen molar-refractivity contribution in [1.82, 2.24) is 14.3 Å². The Morgan fingerprint density at radius 1 is 1.23 bits per heavy atom. The van der Waals surface area contributed by atoms with Gasteiger partial charge in [-0.1, -0.05) is 17.7 Å². The monoisotopic (exact) mass is 319 g/mol. The minimum Gasteiger partial charge on any atom is -0.310 e. The van der Waals surface area contributed by atoms with Crippen LogP contribution in [0.4, 0.5) is 0 Å². The fourth-order valence-corrected chi connectivity index (χ4v) is 4.36. The Morgan fingerprint density at radius 2 is 1.95 bits per heavy atom. The molecule has 0 saturated carbocycles. The first kappa shape index (κ1) is 14.9. The second-order valence-corrected chi connectivity index (χ2v) is 7.51. The summed E-state index contributed by atoms with van der Waals surface area (Å²) in [5, 5.41) is 0. The van der Waals surface area contributed by atoms with E-state index in [1.165, 1.54) is 16.6 Å². The molecule has 1 aliphatic heterocycles. The van der Waals surface area contributed by atoms with Gasteiger partial charge >= 0.3 is 0 Å². The van der Waals surface area contributed by atoms with E-state index in [0.717, 1.165) is 11.1 Å². The highest BCUT2D eigenvalue weighted by molar-refractivity contribution is 7.89. The molecule has 1 saturated heterocycles. The summed E-state index contributed by atoms with van der Waals surface area (Å²) in [6.45, 7) is 4.40. The van der Waals surface area contributed by atoms with E-state index in [1.54, 1.807) is 19.1 Å². The summed E-state index contributed by atoms with van der Waals surface area (Å²) >= 11 is 0. The van der Waals surface area contributed by atoms with Gasteiger partial charge in [0.25, 0.3) is 5.56 Å². The van der Waals surface area contributed by atoms with Crippen LogP contribution >= 0.6 is 0 Å². The summed E-state index contributed by atoms with van der Waals surface area (Å²) in [7, 11) is -3.49. The summed E-state index contributed by atoms with van der Waals surface area (Å²) in [6.07, 6.45) is 1.44. The van der Waals surface area contributed by atoms with Gasteiger partial charge in [-0.25, -0.2) is 13.4 Å². The molecule has 3 rings (SSSR count). The molecular formula is C15H17N3O3S. The van der Waals surface area contributed by atoms with Crippen LogP contribution in [0.25, 0.3) is 0 Å². The zero-order chi connectivity index (χ0) is 15.9. The van der Waals surface area contributed by atoms with E-state index in [0.29, 0.717) is 23.8 Å². The van der Waals surface area contributed by atoms with Crippen LogP contribution in [0, 0.1) is 13.8 Å². The first-order valence-corrected chi connectivity index (χ1v) is 8.44. The fraction of sp³-hybridized carbons (Fsp3) is 0.333. The predicted octanol–water partition coefficient (Wildman–Crippen LogP) is 1.17. The van der Waals surface area contributed by atoms with Crippen LogP contribution in [0.1, 0.15) is 22.9 Å². The molecule has 0 amide bonds. The summed E-state index contributed by atoms with van der Waals surface area (Å²) in [6, 6.07) is 6.65. The lowest BCUT2D eigenvalue weighted by atomic mass is 10.0. The number of benzene rings is 1. The molecule has 0 radical (unpaired) electrons. The molecule has 2 aromatic rings. The minimum atomic E-state index is -3.49. The molecule has 1 aliphatic rings. The third-order valence-corrected chi connectivity index (χ3v) is 5.87. The molecule has 1 fully saturated rings. The standard InChI is InChI=1S/C15H17N3O3S/c1-10-3-4-13(11(2)7-10)22(20,21)18-8-12(9-18)15-16-6-5-14(19)17-15/h3-7,12H,8-9H2,1-2H3,(H,16,17,19). The number of aromatic nitrogens is 2. The fourth-order valence-electron chi connectivity index (χ4n) is 2.63. The molecule has 1 aromatic carbocycles. The van der Waals surface area contributed by atoms with Crippen molar-refractivity contribution in [2.45, 2.75) is 24.7 Å². The van der Waals surface area contributed by atoms with E-state index >= 15 is 0 Å². The zero-order valence-corrected chi connectivity index (χ0v) is 13.2. The van der Waals surface area contributed by atoms with E-state index < -0.39 is 10.0 Å². The van der Waals surface area contributed by atoms with Crippen molar-refractivity contribution in [2.24, 2.45) is 0 Å². The van der Waals surface area contributed by atoms with Gasteiger partial charge in [0.2, 0.25) is 10.0 Å². The van der Waals surface area contributed by atoms with E-state index in [4.69, 9.17) is 0 Å². The number of sulfonamides is 1. The molecule has 0 unspecified atom stereocenters. The third kappa shape index (κ3) is 2.57. The zero-order valence-electron chi connectivity index (χ0n) is 12.4. The van der Waals surface area contributed by atoms with Gasteiger partial charge in [0.1, 0.15) is 5.82 Å². The van der Waals surface area contributed by atoms with Gasteiger partial charge in [0.15, 0.2) is 0 Å². The molecule has 2 heterocycles. The Labute approximate surface area is 128 Å². The molecule has 22 heavy (non-hydrogen) atoms. The lowest BCUT2D eigenvalue weighted by Crippen LogP contribution is -2.49. The average molecular weight is 319 g/mol. The van der Waals surface area contributed by atoms with E-state index in [-0.39, 0.29) is 11.5 Å². The van der Waals surface area contributed by atoms with Crippen LogP contribution in [0.15, 0.2) is 40.2 Å². The maximum atomic E-state index is 12.6. The van der Waals surface area contributed by atoms with Crippen LogP contribution < -0.4 is 5.56 Å². The first-order chi connectivity index (χ1) is 10.4. The Bertz CT molecular complexity index is 868. The maximum Gasteiger partial charge on any atom is 0.250 e. The molecule has 0 bridgehead atoms. The largest absolute Gasteiger partial charge is 0.310 e. The topological polar surface area (TPSA) is 83.1 Å². The predicted molar refractivity (Wildman–Crippen MR) is 82.3 cm³/mol. The van der Waals surface area contributed by atoms with Crippen molar-refractivity contribution < 1.29 is 8.42 Å². The van der Waals surface area contributed by atoms with Crippen molar-refractivity contribution in [1.29, 1.82) is 0 Å². The smallest absolute Gasteiger partial charge is 0.250 e. The lowest BCUT2D eigenvalue weighted by molar-refractivity contribution is 0.255. The summed E-state index contributed by atoms with van der Waals surface area (Å²) in [5.74, 6) is 0.481. The Balaban J connectivity index is 1.80. The summed E-state index contributed by atoms with van der Waals surface area (Å²) < 4.78 is 26.7. The van der Waals surface area contributed by atoms with Gasteiger partial charge in [0, 0.05) is 31.3 Å². The van der Waals surface area contributed by atoms with Crippen molar-refractivity contribution in [3.05, 3.63) is 57.8 Å². The van der Waals surface area contributed by atoms with Gasteiger partial charge in [-0.05, 0) is 25.5 Å². The molecule has 7 heteroatoms. The van der Waals surface area contributed by atoms with Gasteiger partial charge < -0.3 is 4.98 Å². The van der Waals surface area contributed by atoms with Crippen LogP contribution in [0.3, 0.4) is 0 Å². The highest BCUT2D eigenvalue weighted by atomic mass is 32.2. The van der Waals surface area contributed by atoms with E-state index in [2.05, 4.69) is 9.97 Å². The number of hydrogen-bond acceptors (Lipinski definition) is 4. The lowest BCUT2D eigenvalue weighted by Gasteiger charge is -2.37. The molecule has 0 atom stereocenters. The molecule has 6 nitrogen and oxygen atoms in total. The SMILES string of the molecule is Cc1ccc(S(=O)(=O)N2CC(c3nccc(=O)[nH]3)C2)c(C)c1. The van der Waals surface area contributed by atoms with Crippen LogP contribution in [-0.4, -0.2) is 35.8 Å². The second-order valence-electron chi connectivity index (χ2n) is 5.61. The van der Waals surface area contributed by atoms with Crippen molar-refractivity contribution in [3.8, 4) is 0 Å². The number of nitrogens with zero attached hydrogens (tertiary/aromatic N) is 2. The number of hydrogen-bond donors (Lipinski definition) is 1. The Morgan fingerprint density at radius 3 is 2.59 bits per heavy atom. The van der Waals surface area contributed by atoms with Gasteiger partial charge in [0.05, 0.1) is 4.90 Å². The van der Waals surface area contributed by atoms with Crippen molar-refractivity contribution >= 4 is 10.0 Å². The van der Waals surface area contributed by atoms with Crippen LogP contribution in [-0.2, 0) is 10.0 Å². The first-order valence-electron chi connectivity index (χ1n) is 7.00. The van der Waals surface area contributed by atoms with Gasteiger partial charge in [-0.15, -0.1) is 0 Å². The quantitative estimate of drug-likeness (QED) is 0.920. The van der Waals surface area contributed by atoms with Crippen LogP contribution in [0.2, 0.25) is 0 Å². The highest BCUT2D eigenvalue weighted by Crippen LogP contribution is 2.31. The average Bonchev–Trinajstić information content (AvgIpc) is 2.36. The summed E-state index contributed by atoms with van der Waals surface area (Å²) in [5.41, 5.74) is 1.55. The Hall–Kier alpha value is -1.99. The number of nitrogens with one attached hydrogen (secondary N) is 1. The molecule has 1 N–H and O–H groups in total. The van der Waals surface area contributed by atoms with E-state index in [9.17, 15) is 13.2 Å². The highest BCUT2D eigenvalue weighted by Gasteiger charge is 2.39. The number of rotatable bonds is 3. The number of aryl methyl sites for hydroxylation is 2. The number of aromatic amines is 1.